The molecule has 2 aliphatic rings. The lowest BCUT2D eigenvalue weighted by molar-refractivity contribution is 0.239. The second-order valence-corrected chi connectivity index (χ2v) is 4.63. The van der Waals surface area contributed by atoms with Crippen LogP contribution in [0.3, 0.4) is 0 Å². The van der Waals surface area contributed by atoms with Crippen molar-refractivity contribution in [3.63, 3.8) is 0 Å². The minimum atomic E-state index is 0.803. The number of hydrogen-bond acceptors (Lipinski definition) is 2. The normalized spacial score (nSPS) is 34.7. The highest BCUT2D eigenvalue weighted by atomic mass is 16.5. The maximum Gasteiger partial charge on any atom is 0.0885 e. The van der Waals surface area contributed by atoms with Crippen LogP contribution in [0.15, 0.2) is 12.8 Å². The molecule has 3 atom stereocenters. The van der Waals surface area contributed by atoms with Crippen LogP contribution >= 0.6 is 0 Å². The van der Waals surface area contributed by atoms with Gasteiger partial charge in [-0.3, -0.25) is 0 Å². The van der Waals surface area contributed by atoms with Gasteiger partial charge < -0.3 is 10.1 Å². The Balaban J connectivity index is 1.56. The molecule has 0 amide bonds. The minimum absolute atomic E-state index is 0.803. The number of fused-ring (bicyclic) bond motifs is 2. The van der Waals surface area contributed by atoms with E-state index in [0.29, 0.717) is 0 Å². The molecule has 0 heterocycles. The first kappa shape index (κ1) is 10.0. The van der Waals surface area contributed by atoms with Crippen LogP contribution in [0.2, 0.25) is 0 Å². The van der Waals surface area contributed by atoms with Gasteiger partial charge in [-0.2, -0.15) is 0 Å². The Morgan fingerprint density at radius 1 is 1.36 bits per heavy atom. The fourth-order valence-corrected chi connectivity index (χ4v) is 3.02. The molecule has 2 rings (SSSR count). The van der Waals surface area contributed by atoms with Gasteiger partial charge in [-0.25, -0.2) is 0 Å². The van der Waals surface area contributed by atoms with Gasteiger partial charge in [0.2, 0.25) is 0 Å². The van der Waals surface area contributed by atoms with E-state index in [2.05, 4.69) is 11.9 Å². The molecule has 2 nitrogen and oxygen atoms in total. The van der Waals surface area contributed by atoms with E-state index >= 15 is 0 Å². The van der Waals surface area contributed by atoms with Crippen LogP contribution in [0.4, 0.5) is 0 Å². The standard InChI is InChI=1S/C12H21NO/c1-2-14-7-3-6-13-12-9-10-4-5-11(12)8-10/h2,10-13H,1,3-9H2. The lowest BCUT2D eigenvalue weighted by atomic mass is 9.95. The van der Waals surface area contributed by atoms with Crippen molar-refractivity contribution in [1.29, 1.82) is 0 Å². The Bertz CT molecular complexity index is 193. The third-order valence-electron chi connectivity index (χ3n) is 3.70. The van der Waals surface area contributed by atoms with Crippen LogP contribution in [0.5, 0.6) is 0 Å². The largest absolute Gasteiger partial charge is 0.502 e. The molecule has 0 spiro atoms. The molecule has 0 aromatic heterocycles. The fraction of sp³-hybridized carbons (Fsp3) is 0.833. The molecule has 0 aromatic rings. The van der Waals surface area contributed by atoms with Crippen LogP contribution in [0, 0.1) is 11.8 Å². The topological polar surface area (TPSA) is 21.3 Å². The van der Waals surface area contributed by atoms with Gasteiger partial charge in [0.1, 0.15) is 0 Å². The summed E-state index contributed by atoms with van der Waals surface area (Å²) in [6.45, 7) is 5.43. The predicted molar refractivity (Wildman–Crippen MR) is 58.0 cm³/mol. The summed E-state index contributed by atoms with van der Waals surface area (Å²) in [5, 5.41) is 3.66. The average Bonchev–Trinajstić information content (AvgIpc) is 2.79. The van der Waals surface area contributed by atoms with Gasteiger partial charge in [0, 0.05) is 6.04 Å². The zero-order valence-corrected chi connectivity index (χ0v) is 8.87. The van der Waals surface area contributed by atoms with E-state index in [0.717, 1.165) is 37.5 Å². The van der Waals surface area contributed by atoms with Gasteiger partial charge in [0.05, 0.1) is 12.9 Å². The van der Waals surface area contributed by atoms with Gasteiger partial charge >= 0.3 is 0 Å². The summed E-state index contributed by atoms with van der Waals surface area (Å²) >= 11 is 0. The Hall–Kier alpha value is -0.500. The second kappa shape index (κ2) is 4.83. The van der Waals surface area contributed by atoms with Crippen molar-refractivity contribution in [3.8, 4) is 0 Å². The number of rotatable bonds is 6. The molecular formula is C12H21NO. The first-order valence-corrected chi connectivity index (χ1v) is 5.86. The van der Waals surface area contributed by atoms with Crippen molar-refractivity contribution in [2.75, 3.05) is 13.2 Å². The Morgan fingerprint density at radius 3 is 2.93 bits per heavy atom. The summed E-state index contributed by atoms with van der Waals surface area (Å²) in [6, 6.07) is 0.817. The van der Waals surface area contributed by atoms with E-state index in [1.165, 1.54) is 31.9 Å². The van der Waals surface area contributed by atoms with Crippen LogP contribution in [-0.2, 0) is 4.74 Å². The van der Waals surface area contributed by atoms with Crippen molar-refractivity contribution in [3.05, 3.63) is 12.8 Å². The molecule has 1 N–H and O–H groups in total. The van der Waals surface area contributed by atoms with Crippen molar-refractivity contribution >= 4 is 0 Å². The van der Waals surface area contributed by atoms with Crippen molar-refractivity contribution in [2.45, 2.75) is 38.1 Å². The number of nitrogens with one attached hydrogen (secondary N) is 1. The molecule has 2 heteroatoms. The fourth-order valence-electron chi connectivity index (χ4n) is 3.02. The van der Waals surface area contributed by atoms with Gasteiger partial charge in [-0.05, 0) is 44.1 Å². The van der Waals surface area contributed by atoms with Gasteiger partial charge in [-0.15, -0.1) is 0 Å². The molecule has 0 radical (unpaired) electrons. The first-order valence-electron chi connectivity index (χ1n) is 5.86. The van der Waals surface area contributed by atoms with Gasteiger partial charge in [0.25, 0.3) is 0 Å². The lowest BCUT2D eigenvalue weighted by Gasteiger charge is -2.22. The molecule has 2 aliphatic carbocycles. The minimum Gasteiger partial charge on any atom is -0.502 e. The molecule has 3 unspecified atom stereocenters. The predicted octanol–water partition coefficient (Wildman–Crippen LogP) is 2.31. The third kappa shape index (κ3) is 2.30. The molecule has 2 bridgehead atoms. The molecule has 80 valence electrons. The first-order chi connectivity index (χ1) is 6.90. The van der Waals surface area contributed by atoms with Gasteiger partial charge in [-0.1, -0.05) is 13.0 Å². The van der Waals surface area contributed by atoms with E-state index in [9.17, 15) is 0 Å². The maximum atomic E-state index is 5.08. The van der Waals surface area contributed by atoms with E-state index in [1.807, 2.05) is 0 Å². The Kier molecular flexibility index (Phi) is 3.46. The quantitative estimate of drug-likeness (QED) is 0.519. The Labute approximate surface area is 86.7 Å². The van der Waals surface area contributed by atoms with Crippen LogP contribution in [0.1, 0.15) is 32.1 Å². The highest BCUT2D eigenvalue weighted by molar-refractivity contribution is 4.93. The highest BCUT2D eigenvalue weighted by Crippen LogP contribution is 2.44. The molecular weight excluding hydrogens is 174 g/mol. The second-order valence-electron chi connectivity index (χ2n) is 4.63. The SMILES string of the molecule is C=COCCCNC1CC2CCC1C2. The number of ether oxygens (including phenoxy) is 1. The highest BCUT2D eigenvalue weighted by Gasteiger charge is 2.38. The van der Waals surface area contributed by atoms with Crippen molar-refractivity contribution in [1.82, 2.24) is 5.32 Å². The molecule has 2 fully saturated rings. The summed E-state index contributed by atoms with van der Waals surface area (Å²) in [5.41, 5.74) is 0. The van der Waals surface area contributed by atoms with Crippen molar-refractivity contribution < 1.29 is 4.74 Å². The number of hydrogen-bond donors (Lipinski definition) is 1. The van der Waals surface area contributed by atoms with E-state index < -0.39 is 0 Å². The van der Waals surface area contributed by atoms with Crippen LogP contribution in [0.25, 0.3) is 0 Å². The van der Waals surface area contributed by atoms with Crippen LogP contribution < -0.4 is 5.32 Å². The zero-order valence-electron chi connectivity index (χ0n) is 8.87. The Morgan fingerprint density at radius 2 is 2.29 bits per heavy atom. The molecule has 14 heavy (non-hydrogen) atoms. The van der Waals surface area contributed by atoms with E-state index in [4.69, 9.17) is 4.74 Å². The lowest BCUT2D eigenvalue weighted by Crippen LogP contribution is -2.34. The van der Waals surface area contributed by atoms with Crippen LogP contribution in [-0.4, -0.2) is 19.2 Å². The summed E-state index contributed by atoms with van der Waals surface area (Å²) in [5.74, 6) is 2.03. The average molecular weight is 195 g/mol. The maximum absolute atomic E-state index is 5.08. The molecule has 2 saturated carbocycles. The summed E-state index contributed by atoms with van der Waals surface area (Å²) in [7, 11) is 0. The monoisotopic (exact) mass is 195 g/mol. The van der Waals surface area contributed by atoms with Gasteiger partial charge in [0.15, 0.2) is 0 Å². The third-order valence-corrected chi connectivity index (χ3v) is 3.70. The summed E-state index contributed by atoms with van der Waals surface area (Å²) in [4.78, 5) is 0. The molecule has 0 aromatic carbocycles. The van der Waals surface area contributed by atoms with E-state index in [1.54, 1.807) is 0 Å². The smallest absolute Gasteiger partial charge is 0.0885 e. The van der Waals surface area contributed by atoms with Crippen molar-refractivity contribution in [2.24, 2.45) is 11.8 Å². The zero-order chi connectivity index (χ0) is 9.80. The molecule has 0 saturated heterocycles. The molecule has 0 aliphatic heterocycles. The summed E-state index contributed by atoms with van der Waals surface area (Å²) < 4.78 is 5.08. The van der Waals surface area contributed by atoms with E-state index in [-0.39, 0.29) is 0 Å². The summed E-state index contributed by atoms with van der Waals surface area (Å²) in [6.07, 6.45) is 8.49.